The minimum absolute atomic E-state index is 0.338. The van der Waals surface area contributed by atoms with E-state index in [-0.39, 0.29) is 5.97 Å². The summed E-state index contributed by atoms with van der Waals surface area (Å²) in [6.45, 7) is 1.92. The second kappa shape index (κ2) is 4.87. The Bertz CT molecular complexity index is 1060. The van der Waals surface area contributed by atoms with Crippen LogP contribution in [0.5, 0.6) is 11.5 Å². The molecule has 3 nitrogen and oxygen atoms in total. The summed E-state index contributed by atoms with van der Waals surface area (Å²) in [5.41, 5.74) is 2.82. The van der Waals surface area contributed by atoms with Crippen molar-refractivity contribution in [3.63, 3.8) is 0 Å². The Kier molecular flexibility index (Phi) is 2.83. The Morgan fingerprint density at radius 2 is 1.60 bits per heavy atom. The van der Waals surface area contributed by atoms with Crippen LogP contribution in [0.15, 0.2) is 60.7 Å². The zero-order valence-corrected chi connectivity index (χ0v) is 14.1. The third kappa shape index (κ3) is 1.79. The predicted octanol–water partition coefficient (Wildman–Crippen LogP) is 5.22. The molecule has 0 fully saturated rings. The molecule has 2 heterocycles. The van der Waals surface area contributed by atoms with Crippen LogP contribution in [0.3, 0.4) is 0 Å². The smallest absolute Gasteiger partial charge is 0.340 e. The fraction of sp³-hybridized carbons (Fsp3) is 0.0952. The van der Waals surface area contributed by atoms with Crippen molar-refractivity contribution >= 4 is 17.6 Å². The van der Waals surface area contributed by atoms with Crippen LogP contribution >= 0.6 is 11.6 Å². The number of benzene rings is 3. The summed E-state index contributed by atoms with van der Waals surface area (Å²) in [5, 5.41) is 0.613. The normalized spacial score (nSPS) is 19.7. The number of para-hydroxylation sites is 1. The van der Waals surface area contributed by atoms with E-state index in [1.807, 2.05) is 61.5 Å². The summed E-state index contributed by atoms with van der Waals surface area (Å²) in [5.74, 6) is 1.00. The van der Waals surface area contributed by atoms with Gasteiger partial charge in [0.15, 0.2) is 5.60 Å². The molecule has 3 aromatic rings. The fourth-order valence-corrected chi connectivity index (χ4v) is 3.91. The average Bonchev–Trinajstić information content (AvgIpc) is 2.91. The SMILES string of the molecule is Cc1cc2c(cc1Cl)C1(OC(=O)c3ccccc31)c1ccccc1O2. The van der Waals surface area contributed by atoms with Gasteiger partial charge in [-0.2, -0.15) is 0 Å². The van der Waals surface area contributed by atoms with Gasteiger partial charge >= 0.3 is 5.97 Å². The Hall–Kier alpha value is -2.78. The molecule has 25 heavy (non-hydrogen) atoms. The zero-order valence-electron chi connectivity index (χ0n) is 13.4. The molecular weight excluding hydrogens is 336 g/mol. The van der Waals surface area contributed by atoms with E-state index in [0.29, 0.717) is 22.1 Å². The fourth-order valence-electron chi connectivity index (χ4n) is 3.74. The van der Waals surface area contributed by atoms with Crippen molar-refractivity contribution in [2.24, 2.45) is 0 Å². The molecule has 1 spiro atoms. The van der Waals surface area contributed by atoms with Crippen LogP contribution in [0.1, 0.15) is 32.6 Å². The molecule has 0 N–H and O–H groups in total. The highest BCUT2D eigenvalue weighted by Crippen LogP contribution is 2.56. The highest BCUT2D eigenvalue weighted by atomic mass is 35.5. The number of hydrogen-bond donors (Lipinski definition) is 0. The third-order valence-electron chi connectivity index (χ3n) is 4.90. The van der Waals surface area contributed by atoms with Gasteiger partial charge in [0.05, 0.1) is 5.56 Å². The number of ether oxygens (including phenoxy) is 2. The lowest BCUT2D eigenvalue weighted by Gasteiger charge is -2.36. The minimum Gasteiger partial charge on any atom is -0.456 e. The van der Waals surface area contributed by atoms with E-state index < -0.39 is 5.60 Å². The summed E-state index contributed by atoms with van der Waals surface area (Å²) in [7, 11) is 0. The molecule has 0 bridgehead atoms. The van der Waals surface area contributed by atoms with Crippen molar-refractivity contribution < 1.29 is 14.3 Å². The third-order valence-corrected chi connectivity index (χ3v) is 5.31. The minimum atomic E-state index is -1.03. The molecule has 0 saturated carbocycles. The van der Waals surface area contributed by atoms with E-state index in [0.717, 1.165) is 22.3 Å². The largest absolute Gasteiger partial charge is 0.456 e. The van der Waals surface area contributed by atoms with Gasteiger partial charge in [-0.1, -0.05) is 48.0 Å². The van der Waals surface area contributed by atoms with Crippen molar-refractivity contribution in [1.29, 1.82) is 0 Å². The first-order valence-corrected chi connectivity index (χ1v) is 8.40. The molecule has 1 atom stereocenters. The average molecular weight is 349 g/mol. The zero-order chi connectivity index (χ0) is 17.2. The van der Waals surface area contributed by atoms with Gasteiger partial charge in [0.1, 0.15) is 11.5 Å². The second-order valence-electron chi connectivity index (χ2n) is 6.31. The number of fused-ring (bicyclic) bond motifs is 6. The Labute approximate surface area is 149 Å². The highest BCUT2D eigenvalue weighted by molar-refractivity contribution is 6.31. The lowest BCUT2D eigenvalue weighted by atomic mass is 9.77. The van der Waals surface area contributed by atoms with E-state index in [9.17, 15) is 4.79 Å². The summed E-state index contributed by atoms with van der Waals surface area (Å²) in [6, 6.07) is 18.9. The van der Waals surface area contributed by atoms with E-state index in [2.05, 4.69) is 0 Å². The van der Waals surface area contributed by atoms with Gasteiger partial charge in [0.25, 0.3) is 0 Å². The molecular formula is C21H13ClO3. The molecule has 2 aliphatic heterocycles. The molecule has 4 heteroatoms. The monoisotopic (exact) mass is 348 g/mol. The molecule has 0 amide bonds. The summed E-state index contributed by atoms with van der Waals surface area (Å²) in [4.78, 5) is 12.6. The number of hydrogen-bond acceptors (Lipinski definition) is 3. The maximum atomic E-state index is 12.6. The molecule has 0 aromatic heterocycles. The van der Waals surface area contributed by atoms with Gasteiger partial charge in [-0.3, -0.25) is 0 Å². The van der Waals surface area contributed by atoms with Crippen LogP contribution in [0.2, 0.25) is 5.02 Å². The Morgan fingerprint density at radius 3 is 2.44 bits per heavy atom. The van der Waals surface area contributed by atoms with Crippen LogP contribution in [0, 0.1) is 6.92 Å². The number of carbonyl (C=O) groups is 1. The number of halogens is 1. The van der Waals surface area contributed by atoms with Gasteiger partial charge in [-0.15, -0.1) is 0 Å². The van der Waals surface area contributed by atoms with Gasteiger partial charge in [-0.05, 0) is 36.8 Å². The van der Waals surface area contributed by atoms with Crippen LogP contribution in [-0.4, -0.2) is 5.97 Å². The Balaban J connectivity index is 1.93. The van der Waals surface area contributed by atoms with Crippen molar-refractivity contribution in [3.8, 4) is 11.5 Å². The first-order chi connectivity index (χ1) is 12.1. The molecule has 0 radical (unpaired) electrons. The van der Waals surface area contributed by atoms with E-state index in [1.54, 1.807) is 6.07 Å². The van der Waals surface area contributed by atoms with Gasteiger partial charge < -0.3 is 9.47 Å². The molecule has 0 aliphatic carbocycles. The first-order valence-electron chi connectivity index (χ1n) is 8.02. The van der Waals surface area contributed by atoms with E-state index >= 15 is 0 Å². The molecule has 2 aliphatic rings. The van der Waals surface area contributed by atoms with Crippen LogP contribution in [0.25, 0.3) is 0 Å². The standard InChI is InChI=1S/C21H13ClO3/c1-12-10-19-16(11-17(12)22)21(15-8-4-5-9-18(15)24-19)14-7-3-2-6-13(14)20(23)25-21/h2-11H,1H3. The van der Waals surface area contributed by atoms with E-state index in [4.69, 9.17) is 21.1 Å². The van der Waals surface area contributed by atoms with Crippen molar-refractivity contribution in [2.45, 2.75) is 12.5 Å². The molecule has 5 rings (SSSR count). The second-order valence-corrected chi connectivity index (χ2v) is 6.72. The molecule has 1 unspecified atom stereocenters. The summed E-state index contributed by atoms with van der Waals surface area (Å²) >= 11 is 6.40. The van der Waals surface area contributed by atoms with Gasteiger partial charge in [0.2, 0.25) is 0 Å². The maximum Gasteiger partial charge on any atom is 0.340 e. The highest BCUT2D eigenvalue weighted by Gasteiger charge is 2.53. The van der Waals surface area contributed by atoms with Crippen LogP contribution < -0.4 is 4.74 Å². The summed E-state index contributed by atoms with van der Waals surface area (Å²) in [6.07, 6.45) is 0. The van der Waals surface area contributed by atoms with Gasteiger partial charge in [0, 0.05) is 21.7 Å². The number of carbonyl (C=O) groups excluding carboxylic acids is 1. The number of esters is 1. The van der Waals surface area contributed by atoms with Crippen molar-refractivity contribution in [1.82, 2.24) is 0 Å². The first kappa shape index (κ1) is 14.6. The summed E-state index contributed by atoms with van der Waals surface area (Å²) < 4.78 is 12.1. The maximum absolute atomic E-state index is 12.6. The quantitative estimate of drug-likeness (QED) is 0.523. The number of aryl methyl sites for hydroxylation is 1. The van der Waals surface area contributed by atoms with Crippen LogP contribution in [-0.2, 0) is 10.3 Å². The molecule has 3 aromatic carbocycles. The lowest BCUT2D eigenvalue weighted by molar-refractivity contribution is 0.0224. The van der Waals surface area contributed by atoms with Crippen molar-refractivity contribution in [3.05, 3.63) is 93.5 Å². The topological polar surface area (TPSA) is 35.5 Å². The lowest BCUT2D eigenvalue weighted by Crippen LogP contribution is -2.33. The van der Waals surface area contributed by atoms with Crippen LogP contribution in [0.4, 0.5) is 0 Å². The van der Waals surface area contributed by atoms with Gasteiger partial charge in [-0.25, -0.2) is 4.79 Å². The predicted molar refractivity (Wildman–Crippen MR) is 94.4 cm³/mol. The number of rotatable bonds is 0. The van der Waals surface area contributed by atoms with Crippen molar-refractivity contribution in [2.75, 3.05) is 0 Å². The Morgan fingerprint density at radius 1 is 0.880 bits per heavy atom. The van der Waals surface area contributed by atoms with E-state index in [1.165, 1.54) is 0 Å². The molecule has 122 valence electrons. The molecule has 0 saturated heterocycles.